The molecule has 3 heteroatoms. The molecule has 0 aromatic heterocycles. The van der Waals surface area contributed by atoms with Gasteiger partial charge in [0.15, 0.2) is 0 Å². The molecule has 0 spiro atoms. The lowest BCUT2D eigenvalue weighted by Gasteiger charge is -2.16. The zero-order valence-corrected chi connectivity index (χ0v) is 10.3. The quantitative estimate of drug-likeness (QED) is 0.763. The number of hydrogen-bond acceptors (Lipinski definition) is 2. The maximum absolute atomic E-state index is 11.9. The molecule has 3 nitrogen and oxygen atoms in total. The second-order valence-electron chi connectivity index (χ2n) is 5.39. The number of nitrogens with one attached hydrogen (secondary N) is 2. The summed E-state index contributed by atoms with van der Waals surface area (Å²) in [5.41, 5.74) is 0. The lowest BCUT2D eigenvalue weighted by molar-refractivity contribution is -0.125. The molecule has 16 heavy (non-hydrogen) atoms. The van der Waals surface area contributed by atoms with Crippen LogP contribution < -0.4 is 10.6 Å². The van der Waals surface area contributed by atoms with Gasteiger partial charge < -0.3 is 10.6 Å². The minimum Gasteiger partial charge on any atom is -0.356 e. The maximum atomic E-state index is 11.9. The first-order valence-electron chi connectivity index (χ1n) is 6.78. The van der Waals surface area contributed by atoms with E-state index >= 15 is 0 Å². The van der Waals surface area contributed by atoms with Crippen LogP contribution in [0.1, 0.15) is 45.4 Å². The van der Waals surface area contributed by atoms with Crippen molar-refractivity contribution in [3.05, 3.63) is 0 Å². The first kappa shape index (κ1) is 11.9. The van der Waals surface area contributed by atoms with Gasteiger partial charge in [0, 0.05) is 18.5 Å². The van der Waals surface area contributed by atoms with Gasteiger partial charge in [0.25, 0.3) is 0 Å². The fourth-order valence-corrected chi connectivity index (χ4v) is 3.04. The summed E-state index contributed by atoms with van der Waals surface area (Å²) in [6.45, 7) is 4.20. The van der Waals surface area contributed by atoms with Crippen LogP contribution in [-0.2, 0) is 4.79 Å². The zero-order chi connectivity index (χ0) is 11.4. The summed E-state index contributed by atoms with van der Waals surface area (Å²) in [4.78, 5) is 11.9. The van der Waals surface area contributed by atoms with Crippen LogP contribution >= 0.6 is 0 Å². The highest BCUT2D eigenvalue weighted by atomic mass is 16.1. The first-order valence-corrected chi connectivity index (χ1v) is 6.78. The maximum Gasteiger partial charge on any atom is 0.223 e. The summed E-state index contributed by atoms with van der Waals surface area (Å²) in [7, 11) is 0. The van der Waals surface area contributed by atoms with Gasteiger partial charge in [0.1, 0.15) is 0 Å². The monoisotopic (exact) mass is 224 g/mol. The largest absolute Gasteiger partial charge is 0.356 e. The van der Waals surface area contributed by atoms with Gasteiger partial charge in [-0.25, -0.2) is 0 Å². The van der Waals surface area contributed by atoms with E-state index in [9.17, 15) is 4.79 Å². The van der Waals surface area contributed by atoms with Crippen LogP contribution in [-0.4, -0.2) is 25.0 Å². The Morgan fingerprint density at radius 3 is 2.81 bits per heavy atom. The topological polar surface area (TPSA) is 41.1 Å². The van der Waals surface area contributed by atoms with Gasteiger partial charge in [-0.05, 0) is 44.6 Å². The minimum absolute atomic E-state index is 0.288. The molecule has 1 aliphatic heterocycles. The minimum atomic E-state index is 0.288. The Hall–Kier alpha value is -0.570. The fourth-order valence-electron chi connectivity index (χ4n) is 3.04. The average Bonchev–Trinajstić information content (AvgIpc) is 2.88. The van der Waals surface area contributed by atoms with Crippen LogP contribution in [0.5, 0.6) is 0 Å². The first-order chi connectivity index (χ1) is 7.77. The highest BCUT2D eigenvalue weighted by molar-refractivity contribution is 5.79. The lowest BCUT2D eigenvalue weighted by Crippen LogP contribution is -2.35. The van der Waals surface area contributed by atoms with E-state index in [4.69, 9.17) is 0 Å². The number of amides is 1. The van der Waals surface area contributed by atoms with Crippen molar-refractivity contribution in [2.45, 2.75) is 51.5 Å². The van der Waals surface area contributed by atoms with Crippen LogP contribution in [0, 0.1) is 11.8 Å². The molecule has 0 aromatic rings. The number of carbonyl (C=O) groups excluding carboxylic acids is 1. The van der Waals surface area contributed by atoms with E-state index in [2.05, 4.69) is 17.6 Å². The molecule has 2 fully saturated rings. The van der Waals surface area contributed by atoms with E-state index in [-0.39, 0.29) is 5.92 Å². The summed E-state index contributed by atoms with van der Waals surface area (Å²) >= 11 is 0. The summed E-state index contributed by atoms with van der Waals surface area (Å²) < 4.78 is 0. The number of rotatable bonds is 4. The van der Waals surface area contributed by atoms with Crippen molar-refractivity contribution >= 4 is 5.91 Å². The van der Waals surface area contributed by atoms with Crippen molar-refractivity contribution in [2.75, 3.05) is 13.1 Å². The van der Waals surface area contributed by atoms with Crippen molar-refractivity contribution in [2.24, 2.45) is 11.8 Å². The van der Waals surface area contributed by atoms with Crippen LogP contribution in [0.2, 0.25) is 0 Å². The molecule has 0 bridgehead atoms. The van der Waals surface area contributed by atoms with E-state index in [1.807, 2.05) is 0 Å². The molecular weight excluding hydrogens is 200 g/mol. The molecule has 3 unspecified atom stereocenters. The zero-order valence-electron chi connectivity index (χ0n) is 10.3. The SMILES string of the molecule is CC1CCCC1C(=O)NCCC1CCCN1. The van der Waals surface area contributed by atoms with Crippen LogP contribution in [0.25, 0.3) is 0 Å². The summed E-state index contributed by atoms with van der Waals surface area (Å²) in [5, 5.41) is 6.56. The van der Waals surface area contributed by atoms with Crippen molar-refractivity contribution in [3.63, 3.8) is 0 Å². The van der Waals surface area contributed by atoms with Gasteiger partial charge in [0.2, 0.25) is 5.91 Å². The average molecular weight is 224 g/mol. The third-order valence-electron chi connectivity index (χ3n) is 4.15. The van der Waals surface area contributed by atoms with Crippen molar-refractivity contribution in [1.29, 1.82) is 0 Å². The van der Waals surface area contributed by atoms with E-state index in [1.165, 1.54) is 25.7 Å². The predicted molar refractivity (Wildman–Crippen MR) is 65.2 cm³/mol. The Labute approximate surface area is 98.4 Å². The normalized spacial score (nSPS) is 34.2. The highest BCUT2D eigenvalue weighted by Crippen LogP contribution is 2.31. The molecule has 0 radical (unpaired) electrons. The van der Waals surface area contributed by atoms with E-state index in [0.717, 1.165) is 25.9 Å². The van der Waals surface area contributed by atoms with E-state index < -0.39 is 0 Å². The van der Waals surface area contributed by atoms with Crippen LogP contribution in [0.4, 0.5) is 0 Å². The molecule has 1 amide bonds. The number of carbonyl (C=O) groups is 1. The summed E-state index contributed by atoms with van der Waals surface area (Å²) in [5.74, 6) is 1.17. The molecule has 1 heterocycles. The van der Waals surface area contributed by atoms with Gasteiger partial charge in [-0.2, -0.15) is 0 Å². The molecule has 1 saturated carbocycles. The lowest BCUT2D eigenvalue weighted by atomic mass is 9.97. The smallest absolute Gasteiger partial charge is 0.223 e. The molecule has 2 rings (SSSR count). The van der Waals surface area contributed by atoms with Gasteiger partial charge in [-0.3, -0.25) is 4.79 Å². The Balaban J connectivity index is 1.63. The van der Waals surface area contributed by atoms with Crippen LogP contribution in [0.15, 0.2) is 0 Å². The molecule has 0 aromatic carbocycles. The Bertz CT molecular complexity index is 236. The molecule has 2 aliphatic rings. The van der Waals surface area contributed by atoms with Gasteiger partial charge >= 0.3 is 0 Å². The van der Waals surface area contributed by atoms with Crippen molar-refractivity contribution in [3.8, 4) is 0 Å². The standard InChI is InChI=1S/C13H24N2O/c1-10-4-2-6-12(10)13(16)15-9-7-11-5-3-8-14-11/h10-12,14H,2-9H2,1H3,(H,15,16). The molecule has 2 N–H and O–H groups in total. The van der Waals surface area contributed by atoms with Gasteiger partial charge in [-0.15, -0.1) is 0 Å². The predicted octanol–water partition coefficient (Wildman–Crippen LogP) is 1.68. The van der Waals surface area contributed by atoms with E-state index in [1.54, 1.807) is 0 Å². The number of hydrogen-bond donors (Lipinski definition) is 2. The van der Waals surface area contributed by atoms with Crippen molar-refractivity contribution in [1.82, 2.24) is 10.6 Å². The molecule has 92 valence electrons. The third kappa shape index (κ3) is 2.97. The third-order valence-corrected chi connectivity index (χ3v) is 4.15. The highest BCUT2D eigenvalue weighted by Gasteiger charge is 2.29. The Kier molecular flexibility index (Phi) is 4.22. The molecular formula is C13H24N2O. The fraction of sp³-hybridized carbons (Fsp3) is 0.923. The second kappa shape index (κ2) is 5.67. The summed E-state index contributed by atoms with van der Waals surface area (Å²) in [6.07, 6.45) is 7.20. The van der Waals surface area contributed by atoms with E-state index in [0.29, 0.717) is 17.9 Å². The molecule has 1 saturated heterocycles. The Morgan fingerprint density at radius 1 is 1.31 bits per heavy atom. The second-order valence-corrected chi connectivity index (χ2v) is 5.39. The van der Waals surface area contributed by atoms with Gasteiger partial charge in [0.05, 0.1) is 0 Å². The van der Waals surface area contributed by atoms with Crippen molar-refractivity contribution < 1.29 is 4.79 Å². The summed E-state index contributed by atoms with van der Waals surface area (Å²) in [6, 6.07) is 0.640. The molecule has 1 aliphatic carbocycles. The molecule has 3 atom stereocenters. The van der Waals surface area contributed by atoms with Crippen LogP contribution in [0.3, 0.4) is 0 Å². The van der Waals surface area contributed by atoms with Gasteiger partial charge in [-0.1, -0.05) is 13.3 Å². The Morgan fingerprint density at radius 2 is 2.19 bits per heavy atom.